The van der Waals surface area contributed by atoms with E-state index in [9.17, 15) is 14.9 Å². The summed E-state index contributed by atoms with van der Waals surface area (Å²) in [6.45, 7) is 5.41. The van der Waals surface area contributed by atoms with Crippen LogP contribution in [0.2, 0.25) is 0 Å². The van der Waals surface area contributed by atoms with E-state index in [2.05, 4.69) is 16.4 Å². The van der Waals surface area contributed by atoms with Crippen LogP contribution < -0.4 is 14.8 Å². The highest BCUT2D eigenvalue weighted by Crippen LogP contribution is 2.38. The van der Waals surface area contributed by atoms with Gasteiger partial charge in [-0.25, -0.2) is 4.98 Å². The average molecular weight is 552 g/mol. The second kappa shape index (κ2) is 11.4. The molecule has 9 nitrogen and oxygen atoms in total. The van der Waals surface area contributed by atoms with Crippen LogP contribution in [0.3, 0.4) is 0 Å². The van der Waals surface area contributed by atoms with E-state index < -0.39 is 5.41 Å². The second-order valence-corrected chi connectivity index (χ2v) is 10.6. The molecule has 1 aromatic heterocycles. The summed E-state index contributed by atoms with van der Waals surface area (Å²) in [6, 6.07) is 18.9. The molecule has 0 atom stereocenters. The second-order valence-electron chi connectivity index (χ2n) is 10.6. The van der Waals surface area contributed by atoms with Crippen molar-refractivity contribution in [1.29, 1.82) is 5.26 Å². The van der Waals surface area contributed by atoms with E-state index in [1.807, 2.05) is 50.2 Å². The first-order valence-corrected chi connectivity index (χ1v) is 13.6. The van der Waals surface area contributed by atoms with Crippen molar-refractivity contribution in [3.05, 3.63) is 76.9 Å². The van der Waals surface area contributed by atoms with Gasteiger partial charge >= 0.3 is 0 Å². The fourth-order valence-corrected chi connectivity index (χ4v) is 5.32. The van der Waals surface area contributed by atoms with Crippen LogP contribution in [0.15, 0.2) is 54.6 Å². The Morgan fingerprint density at radius 3 is 2.59 bits per heavy atom. The number of carbonyl (C=O) groups is 2. The number of amides is 2. The molecule has 3 aromatic carbocycles. The van der Waals surface area contributed by atoms with Crippen LogP contribution in [0.1, 0.15) is 47.3 Å². The number of benzene rings is 3. The van der Waals surface area contributed by atoms with Gasteiger partial charge in [0.15, 0.2) is 11.5 Å². The summed E-state index contributed by atoms with van der Waals surface area (Å²) in [5.41, 5.74) is 3.88. The first-order chi connectivity index (χ1) is 19.8. The van der Waals surface area contributed by atoms with Crippen molar-refractivity contribution < 1.29 is 19.1 Å². The van der Waals surface area contributed by atoms with E-state index in [1.54, 1.807) is 32.4 Å². The lowest BCUT2D eigenvalue weighted by atomic mass is 9.76. The average Bonchev–Trinajstić information content (AvgIpc) is 3.43. The highest BCUT2D eigenvalue weighted by atomic mass is 16.5. The number of nitriles is 1. The number of carbonyl (C=O) groups excluding carboxylic acids is 2. The largest absolute Gasteiger partial charge is 0.493 e. The molecule has 2 heterocycles. The smallest absolute Gasteiger partial charge is 0.263 e. The van der Waals surface area contributed by atoms with Gasteiger partial charge in [-0.05, 0) is 81.2 Å². The lowest BCUT2D eigenvalue weighted by molar-refractivity contribution is -0.134. The van der Waals surface area contributed by atoms with Crippen molar-refractivity contribution in [2.24, 2.45) is 0 Å². The van der Waals surface area contributed by atoms with Crippen LogP contribution in [0.5, 0.6) is 11.5 Å². The molecular formula is C32H33N5O4. The summed E-state index contributed by atoms with van der Waals surface area (Å²) in [4.78, 5) is 36.6. The molecule has 0 aliphatic carbocycles. The molecule has 0 radical (unpaired) electrons. The number of hydrogen-bond donors (Lipinski definition) is 2. The summed E-state index contributed by atoms with van der Waals surface area (Å²) in [6.07, 6.45) is 1.43. The van der Waals surface area contributed by atoms with Crippen LogP contribution in [0, 0.1) is 11.3 Å². The minimum absolute atomic E-state index is 0.211. The Kier molecular flexibility index (Phi) is 7.77. The zero-order valence-corrected chi connectivity index (χ0v) is 23.7. The molecule has 210 valence electrons. The standard InChI is InChI=1S/C32H33N5O4/c1-32(2)23-10-11-24-28(36-29(35-24)22-8-5-7-21(17-22)19-33)27(23)30(38)37(31(32)39)16-6-14-34-15-13-20-9-12-25(40-3)26(18-20)41-4/h5,7-12,17-18,34H,6,13-16H2,1-4H3,(H,35,36). The number of nitrogens with one attached hydrogen (secondary N) is 2. The van der Waals surface area contributed by atoms with Gasteiger partial charge in [0.2, 0.25) is 5.91 Å². The fraction of sp³-hybridized carbons (Fsp3) is 0.312. The van der Waals surface area contributed by atoms with Gasteiger partial charge in [-0.2, -0.15) is 5.26 Å². The molecule has 2 N–H and O–H groups in total. The van der Waals surface area contributed by atoms with Gasteiger partial charge in [0, 0.05) is 12.1 Å². The summed E-state index contributed by atoms with van der Waals surface area (Å²) < 4.78 is 10.7. The Hall–Kier alpha value is -4.68. The molecule has 0 saturated heterocycles. The van der Waals surface area contributed by atoms with Crippen LogP contribution in [0.4, 0.5) is 0 Å². The van der Waals surface area contributed by atoms with Crippen LogP contribution in [0.25, 0.3) is 22.4 Å². The molecule has 1 aliphatic heterocycles. The molecule has 0 fully saturated rings. The number of H-pyrrole nitrogens is 1. The summed E-state index contributed by atoms with van der Waals surface area (Å²) in [5.74, 6) is 1.42. The maximum absolute atomic E-state index is 13.8. The van der Waals surface area contributed by atoms with Crippen molar-refractivity contribution in [1.82, 2.24) is 20.2 Å². The minimum Gasteiger partial charge on any atom is -0.493 e. The molecule has 9 heteroatoms. The van der Waals surface area contributed by atoms with Gasteiger partial charge in [0.05, 0.1) is 42.3 Å². The van der Waals surface area contributed by atoms with Gasteiger partial charge in [-0.1, -0.05) is 24.3 Å². The molecule has 41 heavy (non-hydrogen) atoms. The summed E-state index contributed by atoms with van der Waals surface area (Å²) >= 11 is 0. The lowest BCUT2D eigenvalue weighted by Crippen LogP contribution is -2.52. The van der Waals surface area contributed by atoms with Crippen molar-refractivity contribution in [2.75, 3.05) is 33.9 Å². The van der Waals surface area contributed by atoms with Crippen LogP contribution in [-0.2, 0) is 16.6 Å². The first kappa shape index (κ1) is 27.9. The molecule has 0 saturated carbocycles. The molecule has 2 amide bonds. The molecule has 5 rings (SSSR count). The van der Waals surface area contributed by atoms with Crippen LogP contribution in [-0.4, -0.2) is 60.5 Å². The zero-order chi connectivity index (χ0) is 29.1. The summed E-state index contributed by atoms with van der Waals surface area (Å²) in [5, 5.41) is 12.7. The van der Waals surface area contributed by atoms with E-state index in [0.717, 1.165) is 24.1 Å². The van der Waals surface area contributed by atoms with E-state index >= 15 is 0 Å². The van der Waals surface area contributed by atoms with Crippen molar-refractivity contribution >= 4 is 22.8 Å². The third kappa shape index (κ3) is 5.26. The third-order valence-corrected chi connectivity index (χ3v) is 7.61. The topological polar surface area (TPSA) is 120 Å². The predicted molar refractivity (Wildman–Crippen MR) is 156 cm³/mol. The minimum atomic E-state index is -0.877. The number of hydrogen-bond acceptors (Lipinski definition) is 7. The number of imidazole rings is 1. The van der Waals surface area contributed by atoms with Gasteiger partial charge in [-0.3, -0.25) is 14.5 Å². The maximum Gasteiger partial charge on any atom is 0.263 e. The number of aromatic amines is 1. The van der Waals surface area contributed by atoms with E-state index in [4.69, 9.17) is 14.5 Å². The van der Waals surface area contributed by atoms with Gasteiger partial charge in [-0.15, -0.1) is 0 Å². The number of fused-ring (bicyclic) bond motifs is 3. The molecule has 0 unspecified atom stereocenters. The number of aromatic nitrogens is 2. The van der Waals surface area contributed by atoms with Gasteiger partial charge < -0.3 is 19.8 Å². The van der Waals surface area contributed by atoms with E-state index in [-0.39, 0.29) is 11.8 Å². The highest BCUT2D eigenvalue weighted by molar-refractivity contribution is 6.18. The van der Waals surface area contributed by atoms with Gasteiger partial charge in [0.1, 0.15) is 11.3 Å². The van der Waals surface area contributed by atoms with Crippen molar-refractivity contribution in [3.8, 4) is 29.0 Å². The monoisotopic (exact) mass is 551 g/mol. The Morgan fingerprint density at radius 1 is 1.02 bits per heavy atom. The SMILES string of the molecule is COc1ccc(CCNCCCN2C(=O)c3c(ccc4[nH]c(-c5cccc(C#N)c5)nc34)C(C)(C)C2=O)cc1OC. The Morgan fingerprint density at radius 2 is 1.83 bits per heavy atom. The van der Waals surface area contributed by atoms with E-state index in [1.165, 1.54) is 4.90 Å². The molecule has 1 aliphatic rings. The Labute approximate surface area is 239 Å². The van der Waals surface area contributed by atoms with Crippen molar-refractivity contribution in [3.63, 3.8) is 0 Å². The fourth-order valence-electron chi connectivity index (χ4n) is 5.32. The molecular weight excluding hydrogens is 518 g/mol. The molecule has 0 bridgehead atoms. The van der Waals surface area contributed by atoms with Gasteiger partial charge in [0.25, 0.3) is 5.91 Å². The maximum atomic E-state index is 13.8. The Bertz CT molecular complexity index is 1670. The molecule has 4 aromatic rings. The lowest BCUT2D eigenvalue weighted by Gasteiger charge is -2.37. The third-order valence-electron chi connectivity index (χ3n) is 7.61. The first-order valence-electron chi connectivity index (χ1n) is 13.6. The number of methoxy groups -OCH3 is 2. The zero-order valence-electron chi connectivity index (χ0n) is 23.7. The summed E-state index contributed by atoms with van der Waals surface area (Å²) in [7, 11) is 3.23. The number of imide groups is 1. The highest BCUT2D eigenvalue weighted by Gasteiger charge is 2.45. The number of ether oxygens (including phenoxy) is 2. The van der Waals surface area contributed by atoms with E-state index in [0.29, 0.717) is 64.6 Å². The predicted octanol–water partition coefficient (Wildman–Crippen LogP) is 4.60. The van der Waals surface area contributed by atoms with Crippen LogP contribution >= 0.6 is 0 Å². The van der Waals surface area contributed by atoms with Crippen molar-refractivity contribution in [2.45, 2.75) is 32.1 Å². The Balaban J connectivity index is 1.29. The molecule has 0 spiro atoms. The normalized spacial score (nSPS) is 14.2. The number of rotatable bonds is 10. The quantitative estimate of drug-likeness (QED) is 0.218. The number of nitrogens with zero attached hydrogens (tertiary/aromatic N) is 3.